The monoisotopic (exact) mass is 435 g/mol. The maximum atomic E-state index is 13.3. The number of hydrogen-bond donors (Lipinski definition) is 2. The largest absolute Gasteiger partial charge is 0.332 e. The summed E-state index contributed by atoms with van der Waals surface area (Å²) in [5, 5.41) is 6.19. The van der Waals surface area contributed by atoms with Gasteiger partial charge in [-0.3, -0.25) is 19.5 Å². The van der Waals surface area contributed by atoms with Gasteiger partial charge >= 0.3 is 6.03 Å². The highest BCUT2D eigenvalue weighted by Crippen LogP contribution is 2.42. The lowest BCUT2D eigenvalue weighted by Gasteiger charge is -2.32. The number of rotatable bonds is 6. The number of urea groups is 1. The maximum absolute atomic E-state index is 13.3. The average Bonchev–Trinajstić information content (AvgIpc) is 3.55. The number of aromatic nitrogens is 1. The third-order valence-electron chi connectivity index (χ3n) is 6.35. The second-order valence-corrected chi connectivity index (χ2v) is 8.48. The van der Waals surface area contributed by atoms with Gasteiger partial charge in [0, 0.05) is 12.2 Å². The van der Waals surface area contributed by atoms with E-state index in [-0.39, 0.29) is 42.7 Å². The molecule has 2 unspecified atom stereocenters. The molecule has 8 nitrogen and oxygen atoms in total. The zero-order valence-corrected chi connectivity index (χ0v) is 18.1. The highest BCUT2D eigenvalue weighted by Gasteiger charge is 2.56. The molecule has 164 valence electrons. The summed E-state index contributed by atoms with van der Waals surface area (Å²) >= 11 is 0. The average molecular weight is 436 g/mol. The summed E-state index contributed by atoms with van der Waals surface area (Å²) in [6.45, 7) is 3.73. The van der Waals surface area contributed by atoms with Crippen molar-refractivity contribution in [3.05, 3.63) is 30.1 Å². The van der Waals surface area contributed by atoms with Crippen LogP contribution < -0.4 is 10.6 Å². The van der Waals surface area contributed by atoms with E-state index < -0.39 is 11.6 Å². The summed E-state index contributed by atoms with van der Waals surface area (Å²) < 4.78 is 0. The first kappa shape index (κ1) is 22.5. The summed E-state index contributed by atoms with van der Waals surface area (Å²) in [5.74, 6) is -0.304. The molecule has 0 bridgehead atoms. The number of hydrogen-bond acceptors (Lipinski definition) is 5. The molecule has 9 heteroatoms. The fourth-order valence-corrected chi connectivity index (χ4v) is 4.42. The molecule has 3 heterocycles. The number of nitrogens with one attached hydrogen (secondary N) is 2. The molecule has 4 amide bonds. The first-order chi connectivity index (χ1) is 14.0. The number of pyridine rings is 1. The topological polar surface area (TPSA) is 94.6 Å². The Kier molecular flexibility index (Phi) is 6.98. The molecule has 30 heavy (non-hydrogen) atoms. The van der Waals surface area contributed by atoms with Crippen LogP contribution >= 0.6 is 12.4 Å². The van der Waals surface area contributed by atoms with Gasteiger partial charge in [0.15, 0.2) is 0 Å². The summed E-state index contributed by atoms with van der Waals surface area (Å²) in [7, 11) is 0. The number of halogens is 1. The number of carbonyl (C=O) groups is 3. The Morgan fingerprint density at radius 3 is 2.73 bits per heavy atom. The molecule has 1 saturated carbocycles. The van der Waals surface area contributed by atoms with Crippen LogP contribution in [0.4, 0.5) is 4.79 Å². The van der Waals surface area contributed by atoms with Crippen molar-refractivity contribution in [3.8, 4) is 0 Å². The number of nitrogens with zero attached hydrogens (tertiary/aromatic N) is 3. The van der Waals surface area contributed by atoms with Crippen molar-refractivity contribution >= 4 is 30.3 Å². The molecule has 0 radical (unpaired) electrons. The van der Waals surface area contributed by atoms with Crippen molar-refractivity contribution in [1.29, 1.82) is 0 Å². The molecule has 2 atom stereocenters. The van der Waals surface area contributed by atoms with E-state index in [1.807, 2.05) is 23.1 Å². The Hall–Kier alpha value is -2.19. The van der Waals surface area contributed by atoms with Crippen molar-refractivity contribution in [2.75, 3.05) is 19.6 Å². The summed E-state index contributed by atoms with van der Waals surface area (Å²) in [6, 6.07) is 5.25. The standard InChI is InChI=1S/C21H29N5O3.ClH/c1-21(15-7-8-15)19(28)26(20(29)24-21)14-18(27)25(13-16-5-2-3-11-23-16)17-6-4-10-22-12-9-17;/h2-3,5,11,15,17,22H,4,6-10,12-14H2,1H3,(H,24,29);1H. The van der Waals surface area contributed by atoms with E-state index in [9.17, 15) is 14.4 Å². The molecular weight excluding hydrogens is 406 g/mol. The quantitative estimate of drug-likeness (QED) is 0.663. The highest BCUT2D eigenvalue weighted by atomic mass is 35.5. The van der Waals surface area contributed by atoms with E-state index in [0.717, 1.165) is 55.8 Å². The van der Waals surface area contributed by atoms with Crippen LogP contribution in [0.5, 0.6) is 0 Å². The molecule has 1 aromatic rings. The van der Waals surface area contributed by atoms with Gasteiger partial charge in [-0.2, -0.15) is 0 Å². The summed E-state index contributed by atoms with van der Waals surface area (Å²) in [6.07, 6.45) is 6.31. The molecule has 3 aliphatic rings. The highest BCUT2D eigenvalue weighted by molar-refractivity contribution is 6.09. The number of amides is 4. The van der Waals surface area contributed by atoms with Gasteiger partial charge in [-0.25, -0.2) is 4.79 Å². The molecule has 2 N–H and O–H groups in total. The lowest BCUT2D eigenvalue weighted by Crippen LogP contribution is -2.49. The number of imide groups is 1. The van der Waals surface area contributed by atoms with Gasteiger partial charge in [0.2, 0.25) is 5.91 Å². The predicted molar refractivity (Wildman–Crippen MR) is 114 cm³/mol. The van der Waals surface area contributed by atoms with E-state index >= 15 is 0 Å². The third-order valence-corrected chi connectivity index (χ3v) is 6.35. The van der Waals surface area contributed by atoms with E-state index in [1.54, 1.807) is 13.1 Å². The predicted octanol–water partition coefficient (Wildman–Crippen LogP) is 1.69. The minimum atomic E-state index is -0.866. The van der Waals surface area contributed by atoms with E-state index in [1.165, 1.54) is 0 Å². The van der Waals surface area contributed by atoms with Crippen LogP contribution in [0.1, 0.15) is 44.7 Å². The second kappa shape index (κ2) is 9.31. The normalized spacial score (nSPS) is 26.6. The molecule has 2 saturated heterocycles. The van der Waals surface area contributed by atoms with Gasteiger partial charge in [-0.15, -0.1) is 12.4 Å². The zero-order valence-electron chi connectivity index (χ0n) is 17.3. The molecule has 3 fully saturated rings. The molecule has 1 aliphatic carbocycles. The smallest absolute Gasteiger partial charge is 0.325 e. The van der Waals surface area contributed by atoms with Crippen molar-refractivity contribution < 1.29 is 14.4 Å². The Labute approximate surface area is 183 Å². The minimum Gasteiger partial charge on any atom is -0.332 e. The Morgan fingerprint density at radius 1 is 1.23 bits per heavy atom. The lowest BCUT2D eigenvalue weighted by molar-refractivity contribution is -0.141. The summed E-state index contributed by atoms with van der Waals surface area (Å²) in [5.41, 5.74) is -0.0619. The second-order valence-electron chi connectivity index (χ2n) is 8.48. The molecule has 4 rings (SSSR count). The Balaban J connectivity index is 0.00000256. The van der Waals surface area contributed by atoms with E-state index in [0.29, 0.717) is 6.54 Å². The molecule has 2 aliphatic heterocycles. The molecule has 1 aromatic heterocycles. The van der Waals surface area contributed by atoms with Gasteiger partial charge in [0.1, 0.15) is 12.1 Å². The minimum absolute atomic E-state index is 0. The van der Waals surface area contributed by atoms with E-state index in [2.05, 4.69) is 15.6 Å². The van der Waals surface area contributed by atoms with Crippen LogP contribution in [0.15, 0.2) is 24.4 Å². The van der Waals surface area contributed by atoms with Crippen LogP contribution in [-0.4, -0.2) is 63.8 Å². The van der Waals surface area contributed by atoms with Crippen LogP contribution in [0.2, 0.25) is 0 Å². The van der Waals surface area contributed by atoms with Crippen molar-refractivity contribution in [2.45, 2.75) is 57.2 Å². The van der Waals surface area contributed by atoms with Gasteiger partial charge in [0.25, 0.3) is 5.91 Å². The Morgan fingerprint density at radius 2 is 2.03 bits per heavy atom. The van der Waals surface area contributed by atoms with Crippen LogP contribution in [0.3, 0.4) is 0 Å². The number of carbonyl (C=O) groups excluding carboxylic acids is 3. The molecular formula is C21H30ClN5O3. The maximum Gasteiger partial charge on any atom is 0.325 e. The SMILES string of the molecule is CC1(C2CC2)NC(=O)N(CC(=O)N(Cc2ccccn2)C2CCCNCC2)C1=O.Cl. The van der Waals surface area contributed by atoms with Crippen molar-refractivity contribution in [1.82, 2.24) is 25.4 Å². The van der Waals surface area contributed by atoms with Gasteiger partial charge in [-0.05, 0) is 70.2 Å². The lowest BCUT2D eigenvalue weighted by atomic mass is 9.96. The fourth-order valence-electron chi connectivity index (χ4n) is 4.42. The zero-order chi connectivity index (χ0) is 20.4. The van der Waals surface area contributed by atoms with Gasteiger partial charge < -0.3 is 15.5 Å². The van der Waals surface area contributed by atoms with Crippen molar-refractivity contribution in [3.63, 3.8) is 0 Å². The first-order valence-corrected chi connectivity index (χ1v) is 10.5. The molecule has 0 spiro atoms. The van der Waals surface area contributed by atoms with Gasteiger partial charge in [0.05, 0.1) is 12.2 Å². The van der Waals surface area contributed by atoms with E-state index in [4.69, 9.17) is 0 Å². The molecule has 0 aromatic carbocycles. The summed E-state index contributed by atoms with van der Waals surface area (Å²) in [4.78, 5) is 46.0. The first-order valence-electron chi connectivity index (χ1n) is 10.5. The van der Waals surface area contributed by atoms with Crippen LogP contribution in [0.25, 0.3) is 0 Å². The van der Waals surface area contributed by atoms with Crippen LogP contribution in [0, 0.1) is 5.92 Å². The Bertz CT molecular complexity index is 780. The fraction of sp³-hybridized carbons (Fsp3) is 0.619. The van der Waals surface area contributed by atoms with Crippen LogP contribution in [-0.2, 0) is 16.1 Å². The van der Waals surface area contributed by atoms with Crippen molar-refractivity contribution in [2.24, 2.45) is 5.92 Å². The third kappa shape index (κ3) is 4.59. The van der Waals surface area contributed by atoms with Gasteiger partial charge in [-0.1, -0.05) is 6.07 Å².